The van der Waals surface area contributed by atoms with Gasteiger partial charge in [-0.3, -0.25) is 9.52 Å². The molecule has 9 heteroatoms. The average molecular weight is 445 g/mol. The Morgan fingerprint density at radius 2 is 1.97 bits per heavy atom. The number of H-pyrrole nitrogens is 1. The number of hydrogen-bond acceptors (Lipinski definition) is 4. The van der Waals surface area contributed by atoms with Crippen molar-refractivity contribution in [3.63, 3.8) is 0 Å². The van der Waals surface area contributed by atoms with Crippen LogP contribution < -0.4 is 10.0 Å². The number of rotatable bonds is 6. The van der Waals surface area contributed by atoms with E-state index in [4.69, 9.17) is 0 Å². The van der Waals surface area contributed by atoms with E-state index in [1.165, 1.54) is 12.1 Å². The monoisotopic (exact) mass is 444 g/mol. The molecule has 0 bridgehead atoms. The number of nitrogens with one attached hydrogen (secondary N) is 3. The Morgan fingerprint density at radius 3 is 2.61 bits per heavy atom. The van der Waals surface area contributed by atoms with Crippen molar-refractivity contribution in [2.75, 3.05) is 15.8 Å². The second kappa shape index (κ2) is 7.64. The van der Waals surface area contributed by atoms with Crippen LogP contribution in [0.25, 0.3) is 22.2 Å². The van der Waals surface area contributed by atoms with Crippen molar-refractivity contribution in [1.82, 2.24) is 9.97 Å². The first kappa shape index (κ1) is 21.3. The molecule has 3 N–H and O–H groups in total. The molecule has 1 aliphatic carbocycles. The SMILES string of the molecule is CC(C)(C)CS(=O)(=O)Nc1ccc(-c2cc(NC(=O)C3CC3)nc3[nH]ccc23)cc1F. The van der Waals surface area contributed by atoms with Crippen LogP contribution in [0.15, 0.2) is 36.5 Å². The van der Waals surface area contributed by atoms with Gasteiger partial charge < -0.3 is 10.3 Å². The summed E-state index contributed by atoms with van der Waals surface area (Å²) in [4.78, 5) is 19.6. The standard InChI is InChI=1S/C22H25FN4O3S/c1-22(2,3)12-31(29,30)27-18-7-6-14(10-17(18)23)16-11-19(26-21(28)13-4-5-13)25-20-15(16)8-9-24-20/h6-11,13,27H,4-5,12H2,1-3H3,(H2,24,25,26,28). The van der Waals surface area contributed by atoms with Gasteiger partial charge in [-0.05, 0) is 53.6 Å². The molecule has 1 saturated carbocycles. The van der Waals surface area contributed by atoms with E-state index in [1.807, 2.05) is 6.07 Å². The maximum absolute atomic E-state index is 14.8. The van der Waals surface area contributed by atoms with E-state index in [-0.39, 0.29) is 23.3 Å². The van der Waals surface area contributed by atoms with Crippen LogP contribution in [-0.2, 0) is 14.8 Å². The summed E-state index contributed by atoms with van der Waals surface area (Å²) in [7, 11) is -3.69. The number of benzene rings is 1. The summed E-state index contributed by atoms with van der Waals surface area (Å²) in [5, 5.41) is 3.59. The minimum atomic E-state index is -3.69. The predicted molar refractivity (Wildman–Crippen MR) is 120 cm³/mol. The van der Waals surface area contributed by atoms with Crippen LogP contribution in [0.4, 0.5) is 15.9 Å². The van der Waals surface area contributed by atoms with Gasteiger partial charge in [-0.15, -0.1) is 0 Å². The molecular formula is C22H25FN4O3S. The Morgan fingerprint density at radius 1 is 1.23 bits per heavy atom. The smallest absolute Gasteiger partial charge is 0.233 e. The fraction of sp³-hybridized carbons (Fsp3) is 0.364. The Hall–Kier alpha value is -2.94. The molecule has 0 radical (unpaired) electrons. The number of aromatic amines is 1. The Labute approximate surface area is 180 Å². The number of carbonyl (C=O) groups excluding carboxylic acids is 1. The van der Waals surface area contributed by atoms with Crippen LogP contribution in [0.3, 0.4) is 0 Å². The fourth-order valence-corrected chi connectivity index (χ4v) is 5.17. The van der Waals surface area contributed by atoms with Crippen molar-refractivity contribution in [2.24, 2.45) is 11.3 Å². The lowest BCUT2D eigenvalue weighted by atomic mass is 10.0. The molecule has 2 heterocycles. The molecule has 1 aliphatic rings. The minimum Gasteiger partial charge on any atom is -0.346 e. The first-order chi connectivity index (χ1) is 14.5. The van der Waals surface area contributed by atoms with E-state index in [0.717, 1.165) is 18.2 Å². The molecule has 4 rings (SSSR count). The first-order valence-corrected chi connectivity index (χ1v) is 11.8. The molecule has 1 amide bonds. The number of carbonyl (C=O) groups is 1. The topological polar surface area (TPSA) is 104 Å². The number of sulfonamides is 1. The quantitative estimate of drug-likeness (QED) is 0.520. The zero-order chi connectivity index (χ0) is 22.4. The van der Waals surface area contributed by atoms with E-state index in [1.54, 1.807) is 39.1 Å². The van der Waals surface area contributed by atoms with Gasteiger partial charge in [-0.1, -0.05) is 26.8 Å². The number of anilines is 2. The van der Waals surface area contributed by atoms with E-state index in [0.29, 0.717) is 22.6 Å². The number of amides is 1. The number of aromatic nitrogens is 2. The van der Waals surface area contributed by atoms with Crippen molar-refractivity contribution in [1.29, 1.82) is 0 Å². The molecule has 0 unspecified atom stereocenters. The number of hydrogen-bond donors (Lipinski definition) is 3. The molecule has 0 atom stereocenters. The molecular weight excluding hydrogens is 419 g/mol. The molecule has 1 fully saturated rings. The summed E-state index contributed by atoms with van der Waals surface area (Å²) in [6.07, 6.45) is 3.47. The third kappa shape index (κ3) is 5.04. The molecule has 0 saturated heterocycles. The number of fused-ring (bicyclic) bond motifs is 1. The molecule has 2 aromatic heterocycles. The van der Waals surface area contributed by atoms with Gasteiger partial charge in [-0.2, -0.15) is 0 Å². The molecule has 3 aromatic rings. The predicted octanol–water partition coefficient (Wildman–Crippen LogP) is 4.51. The van der Waals surface area contributed by atoms with Gasteiger partial charge in [0.05, 0.1) is 11.4 Å². The van der Waals surface area contributed by atoms with E-state index in [9.17, 15) is 17.6 Å². The summed E-state index contributed by atoms with van der Waals surface area (Å²) >= 11 is 0. The van der Waals surface area contributed by atoms with E-state index in [2.05, 4.69) is 20.0 Å². The average Bonchev–Trinajstić information content (AvgIpc) is 3.39. The maximum atomic E-state index is 14.8. The van der Waals surface area contributed by atoms with Crippen molar-refractivity contribution >= 4 is 38.5 Å². The highest BCUT2D eigenvalue weighted by Crippen LogP contribution is 2.34. The van der Waals surface area contributed by atoms with E-state index >= 15 is 0 Å². The molecule has 31 heavy (non-hydrogen) atoms. The van der Waals surface area contributed by atoms with Gasteiger partial charge in [0.25, 0.3) is 0 Å². The van der Waals surface area contributed by atoms with Crippen LogP contribution in [0.5, 0.6) is 0 Å². The molecule has 0 aliphatic heterocycles. The highest BCUT2D eigenvalue weighted by molar-refractivity contribution is 7.92. The molecule has 7 nitrogen and oxygen atoms in total. The second-order valence-corrected chi connectivity index (χ2v) is 10.9. The van der Waals surface area contributed by atoms with Gasteiger partial charge in [0.2, 0.25) is 15.9 Å². The van der Waals surface area contributed by atoms with Gasteiger partial charge in [0.15, 0.2) is 0 Å². The van der Waals surface area contributed by atoms with Gasteiger partial charge in [0, 0.05) is 17.5 Å². The normalized spacial score (nSPS) is 14.6. The van der Waals surface area contributed by atoms with Crippen molar-refractivity contribution in [3.05, 3.63) is 42.3 Å². The maximum Gasteiger partial charge on any atom is 0.233 e. The zero-order valence-electron chi connectivity index (χ0n) is 17.6. The Kier molecular flexibility index (Phi) is 5.25. The van der Waals surface area contributed by atoms with Gasteiger partial charge in [0.1, 0.15) is 17.3 Å². The zero-order valence-corrected chi connectivity index (χ0v) is 18.4. The van der Waals surface area contributed by atoms with Gasteiger partial charge >= 0.3 is 0 Å². The number of nitrogens with zero attached hydrogens (tertiary/aromatic N) is 1. The summed E-state index contributed by atoms with van der Waals surface area (Å²) in [5.74, 6) is -0.461. The lowest BCUT2D eigenvalue weighted by Crippen LogP contribution is -2.26. The molecule has 0 spiro atoms. The van der Waals surface area contributed by atoms with Gasteiger partial charge in [-0.25, -0.2) is 17.8 Å². The van der Waals surface area contributed by atoms with Crippen LogP contribution in [-0.4, -0.2) is 30.0 Å². The Bertz CT molecular complexity index is 1260. The second-order valence-electron chi connectivity index (χ2n) is 9.17. The molecule has 1 aromatic carbocycles. The largest absolute Gasteiger partial charge is 0.346 e. The highest BCUT2D eigenvalue weighted by atomic mass is 32.2. The van der Waals surface area contributed by atoms with Crippen molar-refractivity contribution < 1.29 is 17.6 Å². The third-order valence-corrected chi connectivity index (χ3v) is 6.67. The third-order valence-electron chi connectivity index (χ3n) is 4.90. The van der Waals surface area contributed by atoms with Crippen LogP contribution in [0.1, 0.15) is 33.6 Å². The lowest BCUT2D eigenvalue weighted by molar-refractivity contribution is -0.117. The summed E-state index contributed by atoms with van der Waals surface area (Å²) in [5.41, 5.74) is 1.24. The van der Waals surface area contributed by atoms with Crippen molar-refractivity contribution in [2.45, 2.75) is 33.6 Å². The summed E-state index contributed by atoms with van der Waals surface area (Å²) in [6.45, 7) is 5.41. The van der Waals surface area contributed by atoms with Crippen LogP contribution >= 0.6 is 0 Å². The van der Waals surface area contributed by atoms with Crippen molar-refractivity contribution in [3.8, 4) is 11.1 Å². The Balaban J connectivity index is 1.66. The number of halogens is 1. The fourth-order valence-electron chi connectivity index (χ4n) is 3.45. The molecule has 164 valence electrons. The number of pyridine rings is 1. The minimum absolute atomic E-state index is 0.0300. The highest BCUT2D eigenvalue weighted by Gasteiger charge is 2.30. The lowest BCUT2D eigenvalue weighted by Gasteiger charge is -2.19. The van der Waals surface area contributed by atoms with Crippen LogP contribution in [0.2, 0.25) is 0 Å². The summed E-state index contributed by atoms with van der Waals surface area (Å²) < 4.78 is 41.8. The first-order valence-electron chi connectivity index (χ1n) is 10.1. The van der Waals surface area contributed by atoms with Crippen LogP contribution in [0, 0.1) is 17.2 Å². The van der Waals surface area contributed by atoms with E-state index < -0.39 is 21.3 Å². The summed E-state index contributed by atoms with van der Waals surface area (Å²) in [6, 6.07) is 7.86.